The number of carbonyl (C=O) groups excluding carboxylic acids is 1. The third kappa shape index (κ3) is 2.73. The smallest absolute Gasteiger partial charge is 0.246 e. The molecule has 0 unspecified atom stereocenters. The molecule has 0 atom stereocenters. The molecule has 0 bridgehead atoms. The number of fused-ring (bicyclic) bond motifs is 2. The van der Waals surface area contributed by atoms with E-state index >= 15 is 0 Å². The van der Waals surface area contributed by atoms with Gasteiger partial charge in [0.05, 0.1) is 22.9 Å². The molecule has 4 rings (SSSR count). The molecule has 0 aliphatic carbocycles. The van der Waals surface area contributed by atoms with E-state index in [0.717, 1.165) is 35.1 Å². The Balaban J connectivity index is 0.000000882. The summed E-state index contributed by atoms with van der Waals surface area (Å²) in [5, 5.41) is 3.55. The van der Waals surface area contributed by atoms with Crippen molar-refractivity contribution in [3.8, 4) is 0 Å². The molecule has 1 amide bonds. The average Bonchev–Trinajstić information content (AvgIpc) is 3.05. The fourth-order valence-corrected chi connectivity index (χ4v) is 3.42. The molecule has 3 heterocycles. The summed E-state index contributed by atoms with van der Waals surface area (Å²) in [6, 6.07) is 4.05. The molecule has 0 saturated carbocycles. The van der Waals surface area contributed by atoms with E-state index in [9.17, 15) is 4.79 Å². The zero-order valence-corrected chi connectivity index (χ0v) is 14.2. The Hall–Kier alpha value is -1.17. The van der Waals surface area contributed by atoms with Gasteiger partial charge in [-0.05, 0) is 25.0 Å². The molecule has 5 nitrogen and oxygen atoms in total. The van der Waals surface area contributed by atoms with Crippen LogP contribution in [0.25, 0.3) is 0 Å². The van der Waals surface area contributed by atoms with Gasteiger partial charge >= 0.3 is 0 Å². The number of halogens is 3. The van der Waals surface area contributed by atoms with E-state index in [2.05, 4.69) is 15.2 Å². The topological polar surface area (TPSA) is 47.9 Å². The van der Waals surface area contributed by atoms with Crippen LogP contribution < -0.4 is 10.2 Å². The van der Waals surface area contributed by atoms with E-state index < -0.39 is 0 Å². The molecule has 2 saturated heterocycles. The van der Waals surface area contributed by atoms with E-state index in [1.165, 1.54) is 12.8 Å². The van der Waals surface area contributed by atoms with Gasteiger partial charge in [0.15, 0.2) is 0 Å². The number of hydrogen-bond acceptors (Lipinski definition) is 4. The fourth-order valence-electron chi connectivity index (χ4n) is 3.08. The lowest BCUT2D eigenvalue weighted by molar-refractivity contribution is -0.118. The van der Waals surface area contributed by atoms with Crippen LogP contribution in [-0.4, -0.2) is 36.4 Å². The number of anilines is 1. The largest absolute Gasteiger partial charge is 0.370 e. The lowest BCUT2D eigenvalue weighted by atomic mass is 10.1. The van der Waals surface area contributed by atoms with Crippen molar-refractivity contribution in [2.75, 3.05) is 24.5 Å². The highest BCUT2D eigenvalue weighted by Crippen LogP contribution is 2.39. The van der Waals surface area contributed by atoms with Crippen LogP contribution in [0.1, 0.15) is 18.4 Å². The Morgan fingerprint density at radius 3 is 2.55 bits per heavy atom. The standard InChI is InChI=1S/C14H15ClN4O.2ClH/c15-13-9-7-19-8-12(20)17-14(19)16-10(9)3-4-11(13)18-5-1-2-6-18;;/h3-4H,1-2,5-8H2,(H,16,17,20);2*1H. The molecule has 0 radical (unpaired) electrons. The van der Waals surface area contributed by atoms with E-state index in [1.807, 2.05) is 17.0 Å². The fraction of sp³-hybridized carbons (Fsp3) is 0.429. The zero-order chi connectivity index (χ0) is 13.7. The minimum absolute atomic E-state index is 0. The van der Waals surface area contributed by atoms with Gasteiger partial charge in [-0.2, -0.15) is 0 Å². The normalized spacial score (nSPS) is 18.8. The SMILES string of the molecule is Cl.Cl.O=C1CN2Cc3c(ccc(N4CCCC4)c3Cl)N=C2N1. The van der Waals surface area contributed by atoms with Gasteiger partial charge in [-0.3, -0.25) is 10.1 Å². The van der Waals surface area contributed by atoms with Gasteiger partial charge in [-0.1, -0.05) is 11.6 Å². The molecular formula is C14H17Cl3N4O. The van der Waals surface area contributed by atoms with Gasteiger partial charge in [0.2, 0.25) is 11.9 Å². The maximum absolute atomic E-state index is 11.4. The summed E-state index contributed by atoms with van der Waals surface area (Å²) in [4.78, 5) is 20.2. The molecular weight excluding hydrogens is 347 g/mol. The number of hydrogen-bond donors (Lipinski definition) is 1. The van der Waals surface area contributed by atoms with E-state index in [4.69, 9.17) is 11.6 Å². The first-order chi connectivity index (χ1) is 9.72. The highest BCUT2D eigenvalue weighted by Gasteiger charge is 2.31. The Bertz CT molecular complexity index is 629. The molecule has 22 heavy (non-hydrogen) atoms. The summed E-state index contributed by atoms with van der Waals surface area (Å²) in [6.45, 7) is 3.14. The van der Waals surface area contributed by atoms with Crippen molar-refractivity contribution in [1.82, 2.24) is 10.2 Å². The van der Waals surface area contributed by atoms with Crippen LogP contribution in [0, 0.1) is 0 Å². The van der Waals surface area contributed by atoms with Crippen molar-refractivity contribution in [3.05, 3.63) is 22.7 Å². The lowest BCUT2D eigenvalue weighted by Crippen LogP contribution is -2.32. The minimum atomic E-state index is -0.00700. The molecule has 1 aromatic carbocycles. The number of rotatable bonds is 1. The maximum Gasteiger partial charge on any atom is 0.246 e. The maximum atomic E-state index is 11.4. The summed E-state index contributed by atoms with van der Waals surface area (Å²) in [5.74, 6) is 0.639. The van der Waals surface area contributed by atoms with Crippen LogP contribution >= 0.6 is 36.4 Å². The molecule has 3 aliphatic rings. The number of guanidine groups is 1. The monoisotopic (exact) mass is 362 g/mol. The second kappa shape index (κ2) is 6.52. The zero-order valence-electron chi connectivity index (χ0n) is 11.8. The summed E-state index contributed by atoms with van der Waals surface area (Å²) in [5.41, 5.74) is 2.99. The number of nitrogens with zero attached hydrogens (tertiary/aromatic N) is 3. The van der Waals surface area contributed by atoms with Crippen LogP contribution in [0.5, 0.6) is 0 Å². The molecule has 120 valence electrons. The second-order valence-corrected chi connectivity index (χ2v) is 5.81. The number of carbonyl (C=O) groups is 1. The Morgan fingerprint density at radius 2 is 1.82 bits per heavy atom. The summed E-state index contributed by atoms with van der Waals surface area (Å²) in [7, 11) is 0. The molecule has 0 aromatic heterocycles. The summed E-state index contributed by atoms with van der Waals surface area (Å²) < 4.78 is 0. The molecule has 1 aromatic rings. The first-order valence-electron chi connectivity index (χ1n) is 6.92. The van der Waals surface area contributed by atoms with Crippen LogP contribution in [0.15, 0.2) is 17.1 Å². The molecule has 3 aliphatic heterocycles. The van der Waals surface area contributed by atoms with Crippen molar-refractivity contribution in [3.63, 3.8) is 0 Å². The van der Waals surface area contributed by atoms with Crippen molar-refractivity contribution < 1.29 is 4.79 Å². The molecule has 0 spiro atoms. The third-order valence-electron chi connectivity index (χ3n) is 4.11. The predicted octanol–water partition coefficient (Wildman–Crippen LogP) is 2.72. The van der Waals surface area contributed by atoms with Crippen LogP contribution in [0.4, 0.5) is 11.4 Å². The Labute approximate surface area is 146 Å². The molecule has 8 heteroatoms. The minimum Gasteiger partial charge on any atom is -0.370 e. The van der Waals surface area contributed by atoms with Gasteiger partial charge in [0.25, 0.3) is 0 Å². The van der Waals surface area contributed by atoms with Gasteiger partial charge in [-0.15, -0.1) is 24.8 Å². The van der Waals surface area contributed by atoms with Crippen molar-refractivity contribution in [2.45, 2.75) is 19.4 Å². The predicted molar refractivity (Wildman–Crippen MR) is 93.0 cm³/mol. The van der Waals surface area contributed by atoms with Crippen LogP contribution in [-0.2, 0) is 11.3 Å². The highest BCUT2D eigenvalue weighted by molar-refractivity contribution is 6.34. The number of nitrogens with one attached hydrogen (secondary N) is 1. The average molecular weight is 364 g/mol. The van der Waals surface area contributed by atoms with E-state index in [-0.39, 0.29) is 30.7 Å². The van der Waals surface area contributed by atoms with Crippen molar-refractivity contribution in [1.29, 1.82) is 0 Å². The number of benzene rings is 1. The van der Waals surface area contributed by atoms with E-state index in [1.54, 1.807) is 0 Å². The van der Waals surface area contributed by atoms with Crippen molar-refractivity contribution >= 4 is 59.7 Å². The van der Waals surface area contributed by atoms with Gasteiger partial charge in [0, 0.05) is 18.7 Å². The number of aliphatic imine (C=N–C) groups is 1. The Morgan fingerprint density at radius 1 is 1.09 bits per heavy atom. The molecule has 1 N–H and O–H groups in total. The highest BCUT2D eigenvalue weighted by atomic mass is 35.5. The van der Waals surface area contributed by atoms with Crippen LogP contribution in [0.3, 0.4) is 0 Å². The lowest BCUT2D eigenvalue weighted by Gasteiger charge is -2.27. The van der Waals surface area contributed by atoms with Crippen molar-refractivity contribution in [2.24, 2.45) is 4.99 Å². The van der Waals surface area contributed by atoms with Gasteiger partial charge in [0.1, 0.15) is 6.54 Å². The molecule has 2 fully saturated rings. The second-order valence-electron chi connectivity index (χ2n) is 5.43. The quantitative estimate of drug-likeness (QED) is 0.834. The van der Waals surface area contributed by atoms with Crippen LogP contribution in [0.2, 0.25) is 5.02 Å². The van der Waals surface area contributed by atoms with Gasteiger partial charge < -0.3 is 9.80 Å². The van der Waals surface area contributed by atoms with E-state index in [0.29, 0.717) is 19.0 Å². The summed E-state index contributed by atoms with van der Waals surface area (Å²) in [6.07, 6.45) is 2.44. The number of amides is 1. The van der Waals surface area contributed by atoms with Gasteiger partial charge in [-0.25, -0.2) is 4.99 Å². The first-order valence-corrected chi connectivity index (χ1v) is 7.30. The first kappa shape index (κ1) is 17.2. The Kier molecular flexibility index (Phi) is 5.10. The third-order valence-corrected chi connectivity index (χ3v) is 4.53. The summed E-state index contributed by atoms with van der Waals surface area (Å²) >= 11 is 6.59.